The molecule has 1 aliphatic heterocycles. The van der Waals surface area contributed by atoms with Gasteiger partial charge in [0, 0.05) is 59.7 Å². The Morgan fingerprint density at radius 2 is 1.93 bits per heavy atom. The number of piperidine rings is 1. The molecule has 216 valence electrons. The van der Waals surface area contributed by atoms with Crippen LogP contribution in [0, 0.1) is 30.9 Å². The van der Waals surface area contributed by atoms with Crippen LogP contribution in [0.1, 0.15) is 42.3 Å². The molecule has 0 unspecified atom stereocenters. The van der Waals surface area contributed by atoms with Crippen molar-refractivity contribution in [2.75, 3.05) is 11.9 Å². The molecule has 41 heavy (non-hydrogen) atoms. The zero-order valence-corrected chi connectivity index (χ0v) is 23.8. The number of aliphatic hydroxyl groups is 2. The first kappa shape index (κ1) is 29.0. The number of aromatic nitrogens is 5. The van der Waals surface area contributed by atoms with Gasteiger partial charge in [0.1, 0.15) is 11.6 Å². The topological polar surface area (TPSA) is 123 Å². The van der Waals surface area contributed by atoms with Crippen molar-refractivity contribution in [3.8, 4) is 11.4 Å². The highest BCUT2D eigenvalue weighted by Crippen LogP contribution is 2.43. The fourth-order valence-corrected chi connectivity index (χ4v) is 5.78. The fourth-order valence-electron chi connectivity index (χ4n) is 5.58. The van der Waals surface area contributed by atoms with Crippen molar-refractivity contribution >= 4 is 23.2 Å². The second-order valence-corrected chi connectivity index (χ2v) is 11.2. The Morgan fingerprint density at radius 1 is 1.17 bits per heavy atom. The molecular weight excluding hydrogens is 552 g/mol. The summed E-state index contributed by atoms with van der Waals surface area (Å²) in [5.41, 5.74) is 0.922. The van der Waals surface area contributed by atoms with Crippen molar-refractivity contribution in [2.45, 2.75) is 58.9 Å². The van der Waals surface area contributed by atoms with E-state index in [1.54, 1.807) is 31.2 Å². The number of nitrogens with zero attached hydrogens (tertiary/aromatic N) is 5. The highest BCUT2D eigenvalue weighted by molar-refractivity contribution is 6.30. The zero-order chi connectivity index (χ0) is 29.3. The van der Waals surface area contributed by atoms with Gasteiger partial charge < -0.3 is 15.5 Å². The molecule has 3 aromatic heterocycles. The van der Waals surface area contributed by atoms with Crippen LogP contribution in [0.5, 0.6) is 0 Å². The number of nitrogens with one attached hydrogen (secondary N) is 2. The van der Waals surface area contributed by atoms with E-state index in [1.807, 2.05) is 13.8 Å². The molecule has 0 spiro atoms. The van der Waals surface area contributed by atoms with Crippen LogP contribution in [-0.4, -0.2) is 59.1 Å². The zero-order valence-electron chi connectivity index (χ0n) is 23.0. The van der Waals surface area contributed by atoms with Gasteiger partial charge in [-0.05, 0) is 52.3 Å². The number of benzene rings is 1. The normalized spacial score (nSPS) is 19.6. The summed E-state index contributed by atoms with van der Waals surface area (Å²) in [6, 6.07) is 8.16. The largest absolute Gasteiger partial charge is 0.368 e. The number of halogens is 3. The standard InChI is InChI=1S/C29H32ClF2N7O2/c1-16-12-22(38-37-16)36-26-18(3)23(27-33-9-5-10-34-27)25(32)21(35-26)14-29(28(40)41)8-11-39(17(2)13-29)15-19-6-4-7-20(30)24(19)31/h4-7,9-10,12,17,28,40-41H,8,11,13-15H2,1-3H3,(H2,35,36,37,38)/t17-,29-/m1/s1. The Hall–Kier alpha value is -3.51. The monoisotopic (exact) mass is 583 g/mol. The number of aliphatic hydroxyl groups excluding tert-OH is 1. The van der Waals surface area contributed by atoms with Crippen LogP contribution in [0.3, 0.4) is 0 Å². The van der Waals surface area contributed by atoms with E-state index in [0.29, 0.717) is 48.7 Å². The molecule has 4 heterocycles. The fraction of sp³-hybridized carbons (Fsp3) is 0.379. The third kappa shape index (κ3) is 5.94. The van der Waals surface area contributed by atoms with E-state index in [-0.39, 0.29) is 34.6 Å². The summed E-state index contributed by atoms with van der Waals surface area (Å²) in [6.45, 7) is 6.27. The predicted octanol–water partition coefficient (Wildman–Crippen LogP) is 5.08. The summed E-state index contributed by atoms with van der Waals surface area (Å²) in [5.74, 6) is -0.0251. The van der Waals surface area contributed by atoms with E-state index in [4.69, 9.17) is 11.6 Å². The SMILES string of the molecule is Cc1cc(Nc2nc(C[C@@]3(C(O)O)CCN(Cc4cccc(Cl)c4F)[C@H](C)C3)c(F)c(-c3ncccn3)c2C)n[nH]1. The third-order valence-corrected chi connectivity index (χ3v) is 8.18. The van der Waals surface area contributed by atoms with Gasteiger partial charge in [0.15, 0.2) is 23.7 Å². The van der Waals surface area contributed by atoms with Crippen LogP contribution in [0.4, 0.5) is 20.4 Å². The van der Waals surface area contributed by atoms with Gasteiger partial charge >= 0.3 is 0 Å². The second-order valence-electron chi connectivity index (χ2n) is 10.8. The van der Waals surface area contributed by atoms with Gasteiger partial charge in [0.25, 0.3) is 0 Å². The van der Waals surface area contributed by atoms with Crippen LogP contribution in [0.15, 0.2) is 42.7 Å². The summed E-state index contributed by atoms with van der Waals surface area (Å²) >= 11 is 5.97. The highest BCUT2D eigenvalue weighted by atomic mass is 35.5. The Bertz CT molecular complexity index is 1540. The maximum absolute atomic E-state index is 16.3. The number of aromatic amines is 1. The van der Waals surface area contributed by atoms with E-state index >= 15 is 4.39 Å². The minimum atomic E-state index is -1.74. The maximum Gasteiger partial charge on any atom is 0.162 e. The smallest absolute Gasteiger partial charge is 0.162 e. The van der Waals surface area contributed by atoms with Crippen molar-refractivity contribution in [1.29, 1.82) is 0 Å². The minimum absolute atomic E-state index is 0.0470. The number of aryl methyl sites for hydroxylation is 1. The molecule has 1 aliphatic rings. The number of likely N-dealkylation sites (tertiary alicyclic amines) is 1. The molecule has 0 radical (unpaired) electrons. The molecule has 0 aliphatic carbocycles. The lowest BCUT2D eigenvalue weighted by atomic mass is 9.71. The van der Waals surface area contributed by atoms with Crippen LogP contribution >= 0.6 is 11.6 Å². The molecule has 0 amide bonds. The van der Waals surface area contributed by atoms with Gasteiger partial charge in [0.2, 0.25) is 0 Å². The molecule has 5 rings (SSSR count). The number of H-pyrrole nitrogens is 1. The van der Waals surface area contributed by atoms with E-state index in [2.05, 4.69) is 35.4 Å². The van der Waals surface area contributed by atoms with Gasteiger partial charge in [-0.3, -0.25) is 10.00 Å². The first-order valence-electron chi connectivity index (χ1n) is 13.4. The third-order valence-electron chi connectivity index (χ3n) is 7.89. The lowest BCUT2D eigenvalue weighted by molar-refractivity contribution is -0.162. The van der Waals surface area contributed by atoms with Gasteiger partial charge in [-0.15, -0.1) is 0 Å². The summed E-state index contributed by atoms with van der Waals surface area (Å²) in [5, 5.41) is 31.6. The number of hydrogen-bond donors (Lipinski definition) is 4. The molecule has 0 bridgehead atoms. The summed E-state index contributed by atoms with van der Waals surface area (Å²) in [4.78, 5) is 15.2. The molecule has 4 aromatic rings. The van der Waals surface area contributed by atoms with E-state index < -0.39 is 23.3 Å². The minimum Gasteiger partial charge on any atom is -0.368 e. The van der Waals surface area contributed by atoms with Gasteiger partial charge in [-0.1, -0.05) is 23.7 Å². The molecule has 9 nitrogen and oxygen atoms in total. The first-order valence-corrected chi connectivity index (χ1v) is 13.7. The number of anilines is 2. The van der Waals surface area contributed by atoms with Crippen LogP contribution in [0.2, 0.25) is 5.02 Å². The molecule has 1 saturated heterocycles. The number of hydrogen-bond acceptors (Lipinski definition) is 8. The Labute approximate surface area is 241 Å². The summed E-state index contributed by atoms with van der Waals surface area (Å²) < 4.78 is 30.8. The van der Waals surface area contributed by atoms with Crippen molar-refractivity contribution in [3.05, 3.63) is 81.9 Å². The number of pyridine rings is 1. The van der Waals surface area contributed by atoms with E-state index in [9.17, 15) is 14.6 Å². The van der Waals surface area contributed by atoms with Crippen LogP contribution in [0.25, 0.3) is 11.4 Å². The van der Waals surface area contributed by atoms with Crippen molar-refractivity contribution in [2.24, 2.45) is 5.41 Å². The van der Waals surface area contributed by atoms with E-state index in [1.165, 1.54) is 18.5 Å². The van der Waals surface area contributed by atoms with Crippen LogP contribution < -0.4 is 5.32 Å². The molecule has 4 N–H and O–H groups in total. The average Bonchev–Trinajstić information content (AvgIpc) is 3.36. The molecular formula is C29H32ClF2N7O2. The highest BCUT2D eigenvalue weighted by Gasteiger charge is 2.44. The first-order chi connectivity index (χ1) is 19.6. The molecule has 12 heteroatoms. The van der Waals surface area contributed by atoms with Crippen molar-refractivity contribution < 1.29 is 19.0 Å². The quantitative estimate of drug-likeness (QED) is 0.212. The maximum atomic E-state index is 16.3. The molecule has 1 aromatic carbocycles. The summed E-state index contributed by atoms with van der Waals surface area (Å²) in [7, 11) is 0. The molecule has 1 fully saturated rings. The van der Waals surface area contributed by atoms with Gasteiger partial charge in [-0.2, -0.15) is 5.10 Å². The summed E-state index contributed by atoms with van der Waals surface area (Å²) in [6.07, 6.45) is 1.92. The lowest BCUT2D eigenvalue weighted by Gasteiger charge is -2.46. The Balaban J connectivity index is 1.48. The lowest BCUT2D eigenvalue weighted by Crippen LogP contribution is -2.51. The average molecular weight is 584 g/mol. The van der Waals surface area contributed by atoms with Gasteiger partial charge in [0.05, 0.1) is 16.3 Å². The molecule has 2 atom stereocenters. The van der Waals surface area contributed by atoms with Crippen molar-refractivity contribution in [1.82, 2.24) is 30.0 Å². The van der Waals surface area contributed by atoms with Crippen LogP contribution in [-0.2, 0) is 13.0 Å². The second kappa shape index (κ2) is 11.8. The van der Waals surface area contributed by atoms with Crippen molar-refractivity contribution in [3.63, 3.8) is 0 Å². The van der Waals surface area contributed by atoms with E-state index in [0.717, 1.165) is 5.69 Å². The predicted molar refractivity (Wildman–Crippen MR) is 151 cm³/mol. The Morgan fingerprint density at radius 3 is 2.59 bits per heavy atom. The molecule has 0 saturated carbocycles. The Kier molecular flexibility index (Phi) is 8.32. The number of rotatable bonds is 8. The van der Waals surface area contributed by atoms with Gasteiger partial charge in [-0.25, -0.2) is 23.7 Å².